The van der Waals surface area contributed by atoms with E-state index in [4.69, 9.17) is 0 Å². The van der Waals surface area contributed by atoms with E-state index in [0.717, 1.165) is 25.7 Å². The number of aliphatic hydroxyl groups is 1. The summed E-state index contributed by atoms with van der Waals surface area (Å²) in [6.07, 6.45) is 3.28. The minimum Gasteiger partial charge on any atom is -0.393 e. The number of nitrogens with zero attached hydrogens (tertiary/aromatic N) is 1. The van der Waals surface area contributed by atoms with E-state index in [1.165, 1.54) is 0 Å². The van der Waals surface area contributed by atoms with Gasteiger partial charge in [-0.25, -0.2) is 0 Å². The maximum Gasteiger partial charge on any atom is 0.257 e. The molecule has 2 saturated heterocycles. The normalized spacial score (nSPS) is 28.3. The van der Waals surface area contributed by atoms with Crippen LogP contribution in [0.25, 0.3) is 0 Å². The lowest BCUT2D eigenvalue weighted by Crippen LogP contribution is -2.49. The quantitative estimate of drug-likeness (QED) is 0.868. The van der Waals surface area contributed by atoms with Gasteiger partial charge in [0.1, 0.15) is 0 Å². The first-order valence-electron chi connectivity index (χ1n) is 7.46. The second-order valence-corrected chi connectivity index (χ2v) is 5.93. The van der Waals surface area contributed by atoms with Crippen LogP contribution < -0.4 is 5.32 Å². The summed E-state index contributed by atoms with van der Waals surface area (Å²) in [5.74, 6) is -0.623. The molecule has 1 aromatic carbocycles. The zero-order chi connectivity index (χ0) is 14.8. The summed E-state index contributed by atoms with van der Waals surface area (Å²) in [6, 6.07) is 9.28. The molecule has 3 rings (SSSR count). The number of fused-ring (bicyclic) bond motifs is 2. The van der Waals surface area contributed by atoms with Crippen LogP contribution in [0.3, 0.4) is 0 Å². The fourth-order valence-electron chi connectivity index (χ4n) is 3.50. The highest BCUT2D eigenvalue weighted by molar-refractivity contribution is 6.05. The number of hydrogen-bond donors (Lipinski definition) is 2. The van der Waals surface area contributed by atoms with Gasteiger partial charge in [-0.05, 0) is 37.8 Å². The average Bonchev–Trinajstić information content (AvgIpc) is 2.71. The molecule has 0 radical (unpaired) electrons. The number of rotatable bonds is 3. The fourth-order valence-corrected chi connectivity index (χ4v) is 3.50. The summed E-state index contributed by atoms with van der Waals surface area (Å²) < 4.78 is 0. The first kappa shape index (κ1) is 14.2. The number of benzene rings is 1. The molecule has 0 spiro atoms. The van der Waals surface area contributed by atoms with Crippen molar-refractivity contribution in [2.45, 2.75) is 43.9 Å². The Morgan fingerprint density at radius 3 is 2.38 bits per heavy atom. The van der Waals surface area contributed by atoms with Crippen molar-refractivity contribution in [3.63, 3.8) is 0 Å². The van der Waals surface area contributed by atoms with Gasteiger partial charge in [-0.1, -0.05) is 18.2 Å². The van der Waals surface area contributed by atoms with Crippen molar-refractivity contribution in [3.8, 4) is 0 Å². The van der Waals surface area contributed by atoms with Gasteiger partial charge < -0.3 is 5.11 Å². The van der Waals surface area contributed by atoms with Crippen LogP contribution in [0.4, 0.5) is 0 Å². The molecule has 2 aliphatic heterocycles. The van der Waals surface area contributed by atoms with E-state index in [1.54, 1.807) is 24.3 Å². The number of amides is 2. The Labute approximate surface area is 123 Å². The first-order chi connectivity index (χ1) is 10.1. The number of aliphatic hydroxyl groups excluding tert-OH is 1. The number of carbonyl (C=O) groups is 2. The summed E-state index contributed by atoms with van der Waals surface area (Å²) in [5.41, 5.74) is 0.489. The van der Waals surface area contributed by atoms with Gasteiger partial charge in [0.15, 0.2) is 0 Å². The van der Waals surface area contributed by atoms with Crippen molar-refractivity contribution >= 4 is 11.8 Å². The summed E-state index contributed by atoms with van der Waals surface area (Å²) in [5, 5.41) is 12.2. The summed E-state index contributed by atoms with van der Waals surface area (Å²) >= 11 is 0. The molecule has 2 fully saturated rings. The van der Waals surface area contributed by atoms with E-state index in [2.05, 4.69) is 10.2 Å². The van der Waals surface area contributed by atoms with Gasteiger partial charge in [-0.2, -0.15) is 0 Å². The smallest absolute Gasteiger partial charge is 0.257 e. The zero-order valence-corrected chi connectivity index (χ0v) is 11.9. The molecule has 0 saturated carbocycles. The molecule has 2 amide bonds. The molecule has 21 heavy (non-hydrogen) atoms. The van der Waals surface area contributed by atoms with E-state index in [-0.39, 0.29) is 36.5 Å². The van der Waals surface area contributed by atoms with E-state index in [1.807, 2.05) is 6.07 Å². The number of nitrogens with one attached hydrogen (secondary N) is 1. The highest BCUT2D eigenvalue weighted by Crippen LogP contribution is 2.35. The molecular weight excluding hydrogens is 268 g/mol. The second-order valence-electron chi connectivity index (χ2n) is 5.93. The van der Waals surface area contributed by atoms with Crippen molar-refractivity contribution in [1.82, 2.24) is 10.2 Å². The Kier molecular flexibility index (Phi) is 4.03. The predicted octanol–water partition coefficient (Wildman–Crippen LogP) is 0.931. The van der Waals surface area contributed by atoms with Crippen LogP contribution >= 0.6 is 0 Å². The molecule has 2 heterocycles. The van der Waals surface area contributed by atoms with Crippen molar-refractivity contribution in [2.75, 3.05) is 6.54 Å². The van der Waals surface area contributed by atoms with E-state index in [0.29, 0.717) is 5.56 Å². The third-order valence-electron chi connectivity index (χ3n) is 4.47. The van der Waals surface area contributed by atoms with Crippen LogP contribution in [-0.2, 0) is 4.79 Å². The predicted molar refractivity (Wildman–Crippen MR) is 77.7 cm³/mol. The van der Waals surface area contributed by atoms with Crippen LogP contribution in [0.2, 0.25) is 0 Å². The van der Waals surface area contributed by atoms with Gasteiger partial charge in [0, 0.05) is 17.6 Å². The topological polar surface area (TPSA) is 69.6 Å². The van der Waals surface area contributed by atoms with Gasteiger partial charge in [-0.3, -0.25) is 19.8 Å². The fraction of sp³-hybridized carbons (Fsp3) is 0.500. The SMILES string of the molecule is O=C(CN1C2CCC1CC(O)C2)NC(=O)c1ccccc1. The van der Waals surface area contributed by atoms with Crippen LogP contribution in [0, 0.1) is 0 Å². The molecule has 2 aliphatic rings. The van der Waals surface area contributed by atoms with Gasteiger partial charge in [-0.15, -0.1) is 0 Å². The number of hydrogen-bond acceptors (Lipinski definition) is 4. The molecule has 5 heteroatoms. The van der Waals surface area contributed by atoms with Gasteiger partial charge in [0.05, 0.1) is 12.6 Å². The third kappa shape index (κ3) is 3.14. The molecular formula is C16H20N2O3. The summed E-state index contributed by atoms with van der Waals surface area (Å²) in [7, 11) is 0. The minimum atomic E-state index is -0.356. The molecule has 112 valence electrons. The lowest BCUT2D eigenvalue weighted by Gasteiger charge is -2.36. The van der Waals surface area contributed by atoms with E-state index in [9.17, 15) is 14.7 Å². The Morgan fingerprint density at radius 2 is 1.76 bits per heavy atom. The highest BCUT2D eigenvalue weighted by Gasteiger charge is 2.40. The van der Waals surface area contributed by atoms with E-state index < -0.39 is 0 Å². The monoisotopic (exact) mass is 288 g/mol. The number of imide groups is 1. The summed E-state index contributed by atoms with van der Waals surface area (Å²) in [4.78, 5) is 26.1. The maximum atomic E-state index is 12.1. The van der Waals surface area contributed by atoms with Crippen LogP contribution in [0.15, 0.2) is 30.3 Å². The molecule has 2 N–H and O–H groups in total. The Balaban J connectivity index is 1.57. The standard InChI is InChI=1S/C16H20N2O3/c19-14-8-12-6-7-13(9-14)18(12)10-15(20)17-16(21)11-4-2-1-3-5-11/h1-5,12-14,19H,6-10H2,(H,17,20,21). The highest BCUT2D eigenvalue weighted by atomic mass is 16.3. The number of piperidine rings is 1. The molecule has 2 unspecified atom stereocenters. The van der Waals surface area contributed by atoms with Crippen molar-refractivity contribution < 1.29 is 14.7 Å². The molecule has 2 bridgehead atoms. The van der Waals surface area contributed by atoms with Crippen LogP contribution in [-0.4, -0.2) is 46.6 Å². The van der Waals surface area contributed by atoms with Gasteiger partial charge in [0.25, 0.3) is 5.91 Å². The van der Waals surface area contributed by atoms with Crippen molar-refractivity contribution in [3.05, 3.63) is 35.9 Å². The summed E-state index contributed by atoms with van der Waals surface area (Å²) in [6.45, 7) is 0.237. The third-order valence-corrected chi connectivity index (χ3v) is 4.47. The average molecular weight is 288 g/mol. The molecule has 0 aromatic heterocycles. The number of carbonyl (C=O) groups excluding carboxylic acids is 2. The van der Waals surface area contributed by atoms with Gasteiger partial charge in [0.2, 0.25) is 5.91 Å². The van der Waals surface area contributed by atoms with E-state index >= 15 is 0 Å². The largest absolute Gasteiger partial charge is 0.393 e. The molecule has 1 aromatic rings. The minimum absolute atomic E-state index is 0.237. The lowest BCUT2D eigenvalue weighted by molar-refractivity contribution is -0.123. The maximum absolute atomic E-state index is 12.1. The molecule has 2 atom stereocenters. The Bertz CT molecular complexity index is 518. The Morgan fingerprint density at radius 1 is 1.14 bits per heavy atom. The van der Waals surface area contributed by atoms with Gasteiger partial charge >= 0.3 is 0 Å². The van der Waals surface area contributed by atoms with Crippen LogP contribution in [0.5, 0.6) is 0 Å². The second kappa shape index (κ2) is 5.95. The molecule has 0 aliphatic carbocycles. The first-order valence-corrected chi connectivity index (χ1v) is 7.46. The van der Waals surface area contributed by atoms with Crippen LogP contribution in [0.1, 0.15) is 36.0 Å². The lowest BCUT2D eigenvalue weighted by atomic mass is 10.00. The Hall–Kier alpha value is -1.72. The van der Waals surface area contributed by atoms with Crippen molar-refractivity contribution in [2.24, 2.45) is 0 Å². The van der Waals surface area contributed by atoms with Crippen molar-refractivity contribution in [1.29, 1.82) is 0 Å². The zero-order valence-electron chi connectivity index (χ0n) is 11.9. The molecule has 5 nitrogen and oxygen atoms in total.